The highest BCUT2D eigenvalue weighted by Gasteiger charge is 2.14. The Hall–Kier alpha value is -3.62. The number of carbonyl (C=O) groups excluding carboxylic acids is 1. The third kappa shape index (κ3) is 5.47. The van der Waals surface area contributed by atoms with Crippen LogP contribution in [0.5, 0.6) is 17.2 Å². The predicted molar refractivity (Wildman–Crippen MR) is 106 cm³/mol. The summed E-state index contributed by atoms with van der Waals surface area (Å²) in [6.45, 7) is 1.13. The van der Waals surface area contributed by atoms with E-state index < -0.39 is 12.5 Å². The number of benzene rings is 2. The number of halogens is 2. The molecule has 2 aromatic carbocycles. The molecule has 158 valence electrons. The Kier molecular flexibility index (Phi) is 6.51. The summed E-state index contributed by atoms with van der Waals surface area (Å²) >= 11 is 0. The first-order chi connectivity index (χ1) is 14.3. The lowest BCUT2D eigenvalue weighted by atomic mass is 10.1. The fourth-order valence-corrected chi connectivity index (χ4v) is 2.85. The second-order valence-electron chi connectivity index (χ2n) is 6.54. The Balaban J connectivity index is 1.63. The predicted octanol–water partition coefficient (Wildman–Crippen LogP) is 4.40. The maximum atomic E-state index is 12.4. The molecule has 0 unspecified atom stereocenters. The van der Waals surface area contributed by atoms with Crippen LogP contribution >= 0.6 is 0 Å². The van der Waals surface area contributed by atoms with Crippen LogP contribution in [0, 0.1) is 13.8 Å². The van der Waals surface area contributed by atoms with Gasteiger partial charge in [-0.05, 0) is 55.3 Å². The van der Waals surface area contributed by atoms with Gasteiger partial charge in [0.15, 0.2) is 23.9 Å². The number of hydrogen-bond donors (Lipinski definition) is 1. The first kappa shape index (κ1) is 21.1. The number of alkyl halides is 2. The van der Waals surface area contributed by atoms with Crippen molar-refractivity contribution < 1.29 is 27.8 Å². The first-order valence-corrected chi connectivity index (χ1v) is 9.03. The molecular formula is C21H21F2N3O4. The summed E-state index contributed by atoms with van der Waals surface area (Å²) in [4.78, 5) is 12.4. The van der Waals surface area contributed by atoms with Gasteiger partial charge in [-0.3, -0.25) is 4.79 Å². The van der Waals surface area contributed by atoms with Gasteiger partial charge in [0.25, 0.3) is 5.91 Å². The molecule has 7 nitrogen and oxygen atoms in total. The van der Waals surface area contributed by atoms with Crippen molar-refractivity contribution in [2.24, 2.45) is 0 Å². The lowest BCUT2D eigenvalue weighted by Gasteiger charge is -2.11. The van der Waals surface area contributed by atoms with Crippen LogP contribution in [0.15, 0.2) is 48.7 Å². The summed E-state index contributed by atoms with van der Waals surface area (Å²) in [6.07, 6.45) is 1.62. The van der Waals surface area contributed by atoms with Crippen molar-refractivity contribution in [3.05, 3.63) is 65.5 Å². The van der Waals surface area contributed by atoms with E-state index in [1.54, 1.807) is 12.3 Å². The summed E-state index contributed by atoms with van der Waals surface area (Å²) < 4.78 is 41.4. The highest BCUT2D eigenvalue weighted by Crippen LogP contribution is 2.31. The Morgan fingerprint density at radius 2 is 1.83 bits per heavy atom. The van der Waals surface area contributed by atoms with Crippen molar-refractivity contribution in [3.63, 3.8) is 0 Å². The van der Waals surface area contributed by atoms with E-state index >= 15 is 0 Å². The van der Waals surface area contributed by atoms with Crippen LogP contribution in [-0.4, -0.2) is 29.4 Å². The fourth-order valence-electron chi connectivity index (χ4n) is 2.85. The number of hydrogen-bond acceptors (Lipinski definition) is 5. The minimum Gasteiger partial charge on any atom is -0.493 e. The van der Waals surface area contributed by atoms with Gasteiger partial charge in [-0.2, -0.15) is 13.9 Å². The van der Waals surface area contributed by atoms with Crippen LogP contribution in [0.25, 0.3) is 0 Å². The highest BCUT2D eigenvalue weighted by atomic mass is 19.3. The zero-order valence-corrected chi connectivity index (χ0v) is 16.7. The van der Waals surface area contributed by atoms with Crippen LogP contribution in [0.1, 0.15) is 21.6 Å². The van der Waals surface area contributed by atoms with Crippen molar-refractivity contribution in [1.82, 2.24) is 9.78 Å². The molecule has 1 amide bonds. The number of ether oxygens (including phenoxy) is 3. The van der Waals surface area contributed by atoms with Gasteiger partial charge < -0.3 is 19.5 Å². The van der Waals surface area contributed by atoms with Gasteiger partial charge in [0, 0.05) is 18.0 Å². The average molecular weight is 417 g/mol. The Morgan fingerprint density at radius 3 is 2.50 bits per heavy atom. The zero-order chi connectivity index (χ0) is 21.7. The molecule has 0 saturated heterocycles. The summed E-state index contributed by atoms with van der Waals surface area (Å²) in [5, 5.41) is 6.83. The smallest absolute Gasteiger partial charge is 0.387 e. The van der Waals surface area contributed by atoms with Crippen molar-refractivity contribution in [2.45, 2.75) is 27.2 Å². The molecule has 0 atom stereocenters. The standard InChI is InChI=1S/C21H21F2N3O4/c1-13-8-14(2)10-16(9-13)29-12-26-7-6-17(25-26)20(27)24-15-4-5-18(30-21(22)23)19(11-15)28-3/h4-11,21H,12H2,1-3H3,(H,24,27). The van der Waals surface area contributed by atoms with Crippen LogP contribution in [0.4, 0.5) is 14.5 Å². The van der Waals surface area contributed by atoms with Crippen molar-refractivity contribution >= 4 is 11.6 Å². The normalized spacial score (nSPS) is 10.7. The molecule has 0 spiro atoms. The van der Waals surface area contributed by atoms with Crippen LogP contribution in [0.3, 0.4) is 0 Å². The minimum absolute atomic E-state index is 0.0699. The molecule has 1 heterocycles. The molecule has 3 rings (SSSR count). The van der Waals surface area contributed by atoms with E-state index in [1.165, 1.54) is 30.0 Å². The van der Waals surface area contributed by atoms with Crippen LogP contribution < -0.4 is 19.5 Å². The van der Waals surface area contributed by atoms with Gasteiger partial charge in [0.1, 0.15) is 5.75 Å². The zero-order valence-electron chi connectivity index (χ0n) is 16.7. The maximum Gasteiger partial charge on any atom is 0.387 e. The highest BCUT2D eigenvalue weighted by molar-refractivity contribution is 6.02. The van der Waals surface area contributed by atoms with E-state index in [-0.39, 0.29) is 23.9 Å². The van der Waals surface area contributed by atoms with E-state index in [0.29, 0.717) is 11.4 Å². The molecule has 9 heteroatoms. The van der Waals surface area contributed by atoms with Gasteiger partial charge >= 0.3 is 6.61 Å². The number of nitrogens with one attached hydrogen (secondary N) is 1. The lowest BCUT2D eigenvalue weighted by molar-refractivity contribution is -0.0512. The SMILES string of the molecule is COc1cc(NC(=O)c2ccn(COc3cc(C)cc(C)c3)n2)ccc1OC(F)F. The number of anilines is 1. The molecule has 0 radical (unpaired) electrons. The van der Waals surface area contributed by atoms with Gasteiger partial charge in [-0.15, -0.1) is 0 Å². The molecule has 0 aliphatic rings. The second-order valence-corrected chi connectivity index (χ2v) is 6.54. The first-order valence-electron chi connectivity index (χ1n) is 9.03. The topological polar surface area (TPSA) is 74.6 Å². The van der Waals surface area contributed by atoms with Gasteiger partial charge in [0.05, 0.1) is 7.11 Å². The number of aryl methyl sites for hydroxylation is 2. The Bertz CT molecular complexity index is 1020. The van der Waals surface area contributed by atoms with E-state index in [2.05, 4.69) is 15.2 Å². The van der Waals surface area contributed by atoms with Gasteiger partial charge in [0.2, 0.25) is 0 Å². The summed E-state index contributed by atoms with van der Waals surface area (Å²) in [5.74, 6) is 0.190. The molecular weight excluding hydrogens is 396 g/mol. The maximum absolute atomic E-state index is 12.4. The van der Waals surface area contributed by atoms with Crippen molar-refractivity contribution in [3.8, 4) is 17.2 Å². The molecule has 1 aromatic heterocycles. The van der Waals surface area contributed by atoms with E-state index in [1.807, 2.05) is 32.0 Å². The Morgan fingerprint density at radius 1 is 1.10 bits per heavy atom. The molecule has 0 saturated carbocycles. The molecule has 0 bridgehead atoms. The third-order valence-electron chi connectivity index (χ3n) is 4.07. The molecule has 1 N–H and O–H groups in total. The molecule has 0 aliphatic heterocycles. The van der Waals surface area contributed by atoms with Gasteiger partial charge in [-0.1, -0.05) is 6.07 Å². The van der Waals surface area contributed by atoms with Gasteiger partial charge in [-0.25, -0.2) is 4.68 Å². The summed E-state index contributed by atoms with van der Waals surface area (Å²) in [6, 6.07) is 11.5. The monoisotopic (exact) mass is 417 g/mol. The van der Waals surface area contributed by atoms with Crippen LogP contribution in [-0.2, 0) is 6.73 Å². The summed E-state index contributed by atoms with van der Waals surface area (Å²) in [7, 11) is 1.32. The number of amides is 1. The molecule has 0 aliphatic carbocycles. The average Bonchev–Trinajstić information content (AvgIpc) is 3.15. The third-order valence-corrected chi connectivity index (χ3v) is 4.07. The quantitative estimate of drug-likeness (QED) is 0.588. The minimum atomic E-state index is -2.98. The molecule has 30 heavy (non-hydrogen) atoms. The number of rotatable bonds is 8. The second kappa shape index (κ2) is 9.25. The fraction of sp³-hybridized carbons (Fsp3) is 0.238. The number of carbonyl (C=O) groups is 1. The van der Waals surface area contributed by atoms with Crippen molar-refractivity contribution in [2.75, 3.05) is 12.4 Å². The molecule has 3 aromatic rings. The van der Waals surface area contributed by atoms with E-state index in [0.717, 1.165) is 11.1 Å². The van der Waals surface area contributed by atoms with Crippen LogP contribution in [0.2, 0.25) is 0 Å². The number of methoxy groups -OCH3 is 1. The van der Waals surface area contributed by atoms with E-state index in [4.69, 9.17) is 9.47 Å². The largest absolute Gasteiger partial charge is 0.493 e. The lowest BCUT2D eigenvalue weighted by Crippen LogP contribution is -2.14. The Labute approximate surface area is 172 Å². The number of aromatic nitrogens is 2. The molecule has 0 fully saturated rings. The number of nitrogens with zero attached hydrogens (tertiary/aromatic N) is 2. The van der Waals surface area contributed by atoms with E-state index in [9.17, 15) is 13.6 Å². The van der Waals surface area contributed by atoms with Crippen molar-refractivity contribution in [1.29, 1.82) is 0 Å². The summed E-state index contributed by atoms with van der Waals surface area (Å²) in [5.41, 5.74) is 2.70.